The summed E-state index contributed by atoms with van der Waals surface area (Å²) in [6.45, 7) is 6.64. The number of rotatable bonds is 5. The van der Waals surface area contributed by atoms with Crippen LogP contribution in [-0.4, -0.2) is 71.2 Å². The third kappa shape index (κ3) is 5.11. The molecule has 0 saturated carbocycles. The minimum Gasteiger partial charge on any atom is -0.479 e. The van der Waals surface area contributed by atoms with Crippen LogP contribution in [0.25, 0.3) is 0 Å². The maximum absolute atomic E-state index is 12.7. The van der Waals surface area contributed by atoms with E-state index in [1.165, 1.54) is 11.0 Å². The lowest BCUT2D eigenvalue weighted by atomic mass is 10.1. The number of carboxylic acids is 1. The number of carboxylic acid groups (broad SMARTS) is 1. The highest BCUT2D eigenvalue weighted by Gasteiger charge is 2.29. The number of carbonyl (C=O) groups is 3. The summed E-state index contributed by atoms with van der Waals surface area (Å²) in [6.07, 6.45) is -1.05. The van der Waals surface area contributed by atoms with Gasteiger partial charge in [-0.2, -0.15) is 0 Å². The van der Waals surface area contributed by atoms with E-state index in [4.69, 9.17) is 21.4 Å². The van der Waals surface area contributed by atoms with Crippen LogP contribution in [0, 0.1) is 0 Å². The number of carbonyl (C=O) groups excluding carboxylic acids is 2. The van der Waals surface area contributed by atoms with Crippen molar-refractivity contribution in [3.63, 3.8) is 0 Å². The molecule has 2 N–H and O–H groups in total. The third-order valence-electron chi connectivity index (χ3n) is 4.30. The van der Waals surface area contributed by atoms with Crippen molar-refractivity contribution in [2.75, 3.05) is 31.6 Å². The molecule has 0 bridgehead atoms. The molecule has 0 aromatic heterocycles. The predicted molar refractivity (Wildman–Crippen MR) is 101 cm³/mol. The first-order chi connectivity index (χ1) is 12.7. The summed E-state index contributed by atoms with van der Waals surface area (Å²) >= 11 is 6.18. The normalized spacial score (nSPS) is 16.9. The fourth-order valence-corrected chi connectivity index (χ4v) is 3.05. The van der Waals surface area contributed by atoms with Gasteiger partial charge in [-0.05, 0) is 39.0 Å². The Kier molecular flexibility index (Phi) is 7.04. The van der Waals surface area contributed by atoms with Crippen LogP contribution in [0.5, 0.6) is 0 Å². The first kappa shape index (κ1) is 21.0. The number of ether oxygens (including phenoxy) is 1. The Bertz CT molecular complexity index is 725. The van der Waals surface area contributed by atoms with Crippen LogP contribution >= 0.6 is 11.6 Å². The summed E-state index contributed by atoms with van der Waals surface area (Å²) in [5, 5.41) is 12.0. The molecule has 2 rings (SSSR count). The van der Waals surface area contributed by atoms with E-state index in [9.17, 15) is 14.4 Å². The van der Waals surface area contributed by atoms with E-state index < -0.39 is 18.1 Å². The number of urea groups is 1. The molecule has 3 amide bonds. The summed E-state index contributed by atoms with van der Waals surface area (Å²) in [6, 6.07) is 4.23. The maximum atomic E-state index is 12.7. The first-order valence-corrected chi connectivity index (χ1v) is 9.13. The molecule has 1 aromatic carbocycles. The Labute approximate surface area is 163 Å². The summed E-state index contributed by atoms with van der Waals surface area (Å²) in [4.78, 5) is 39.3. The van der Waals surface area contributed by atoms with Gasteiger partial charge in [0.25, 0.3) is 5.91 Å². The highest BCUT2D eigenvalue weighted by atomic mass is 35.5. The molecule has 1 aromatic rings. The van der Waals surface area contributed by atoms with Crippen LogP contribution in [-0.2, 0) is 9.53 Å². The Morgan fingerprint density at radius 1 is 1.41 bits per heavy atom. The molecule has 8 nitrogen and oxygen atoms in total. The molecule has 27 heavy (non-hydrogen) atoms. The monoisotopic (exact) mass is 397 g/mol. The third-order valence-corrected chi connectivity index (χ3v) is 4.63. The lowest BCUT2D eigenvalue weighted by Gasteiger charge is -2.31. The fourth-order valence-electron chi connectivity index (χ4n) is 2.85. The second-order valence-electron chi connectivity index (χ2n) is 6.45. The molecule has 148 valence electrons. The molecule has 0 radical (unpaired) electrons. The van der Waals surface area contributed by atoms with Gasteiger partial charge in [0.2, 0.25) is 0 Å². The number of hydrogen-bond acceptors (Lipinski definition) is 4. The Hall–Kier alpha value is -2.32. The SMILES string of the molecule is CCN(C(=O)c1cc(NC(=O)N2CCOC(C(=O)O)C2)ccc1Cl)C(C)C. The van der Waals surface area contributed by atoms with Gasteiger partial charge in [-0.15, -0.1) is 0 Å². The maximum Gasteiger partial charge on any atom is 0.334 e. The van der Waals surface area contributed by atoms with Crippen molar-refractivity contribution in [2.24, 2.45) is 0 Å². The second-order valence-corrected chi connectivity index (χ2v) is 6.86. The van der Waals surface area contributed by atoms with Gasteiger partial charge in [0.1, 0.15) is 0 Å². The van der Waals surface area contributed by atoms with Crippen molar-refractivity contribution in [1.82, 2.24) is 9.80 Å². The number of aliphatic carboxylic acids is 1. The van der Waals surface area contributed by atoms with Crippen LogP contribution in [0.4, 0.5) is 10.5 Å². The summed E-state index contributed by atoms with van der Waals surface area (Å²) in [5.74, 6) is -1.33. The zero-order valence-corrected chi connectivity index (χ0v) is 16.3. The van der Waals surface area contributed by atoms with E-state index in [2.05, 4.69) is 5.32 Å². The van der Waals surface area contributed by atoms with Crippen LogP contribution in [0.15, 0.2) is 18.2 Å². The van der Waals surface area contributed by atoms with Crippen molar-refractivity contribution in [1.29, 1.82) is 0 Å². The van der Waals surface area contributed by atoms with E-state index in [0.29, 0.717) is 22.8 Å². The minimum atomic E-state index is -1.11. The molecule has 1 aliphatic rings. The highest BCUT2D eigenvalue weighted by molar-refractivity contribution is 6.34. The topological polar surface area (TPSA) is 99.2 Å². The zero-order valence-electron chi connectivity index (χ0n) is 15.6. The van der Waals surface area contributed by atoms with Gasteiger partial charge in [0.15, 0.2) is 6.10 Å². The molecular formula is C18H24ClN3O5. The number of benzene rings is 1. The zero-order chi connectivity index (χ0) is 20.1. The van der Waals surface area contributed by atoms with Crippen molar-refractivity contribution in [2.45, 2.75) is 32.9 Å². The lowest BCUT2D eigenvalue weighted by Crippen LogP contribution is -2.49. The van der Waals surface area contributed by atoms with E-state index in [0.717, 1.165) is 0 Å². The predicted octanol–water partition coefficient (Wildman–Crippen LogP) is 2.53. The summed E-state index contributed by atoms with van der Waals surface area (Å²) in [7, 11) is 0. The number of anilines is 1. The van der Waals surface area contributed by atoms with Gasteiger partial charge >= 0.3 is 12.0 Å². The first-order valence-electron chi connectivity index (χ1n) is 8.75. The van der Waals surface area contributed by atoms with Crippen molar-refractivity contribution < 1.29 is 24.2 Å². The van der Waals surface area contributed by atoms with E-state index in [1.54, 1.807) is 17.0 Å². The number of nitrogens with zero attached hydrogens (tertiary/aromatic N) is 2. The largest absolute Gasteiger partial charge is 0.479 e. The molecule has 0 spiro atoms. The quantitative estimate of drug-likeness (QED) is 0.795. The second kappa shape index (κ2) is 9.05. The van der Waals surface area contributed by atoms with Gasteiger partial charge in [-0.3, -0.25) is 4.79 Å². The molecule has 1 saturated heterocycles. The molecular weight excluding hydrogens is 374 g/mol. The van der Waals surface area contributed by atoms with E-state index in [-0.39, 0.29) is 31.6 Å². The summed E-state index contributed by atoms with van der Waals surface area (Å²) < 4.78 is 5.11. The molecule has 1 atom stereocenters. The Morgan fingerprint density at radius 2 is 2.11 bits per heavy atom. The Balaban J connectivity index is 2.14. The number of morpholine rings is 1. The van der Waals surface area contributed by atoms with Crippen molar-refractivity contribution in [3.05, 3.63) is 28.8 Å². The van der Waals surface area contributed by atoms with Crippen LogP contribution in [0.1, 0.15) is 31.1 Å². The molecule has 1 fully saturated rings. The number of hydrogen-bond donors (Lipinski definition) is 2. The summed E-state index contributed by atoms with van der Waals surface area (Å²) in [5.41, 5.74) is 0.710. The number of nitrogens with one attached hydrogen (secondary N) is 1. The highest BCUT2D eigenvalue weighted by Crippen LogP contribution is 2.23. The fraction of sp³-hybridized carbons (Fsp3) is 0.500. The molecule has 1 aliphatic heterocycles. The Morgan fingerprint density at radius 3 is 2.70 bits per heavy atom. The average molecular weight is 398 g/mol. The van der Waals surface area contributed by atoms with Gasteiger partial charge < -0.3 is 25.0 Å². The van der Waals surface area contributed by atoms with Crippen molar-refractivity contribution in [3.8, 4) is 0 Å². The van der Waals surface area contributed by atoms with Crippen LogP contribution in [0.3, 0.4) is 0 Å². The smallest absolute Gasteiger partial charge is 0.334 e. The van der Waals surface area contributed by atoms with Crippen LogP contribution < -0.4 is 5.32 Å². The molecule has 1 heterocycles. The minimum absolute atomic E-state index is 0.0121. The number of halogens is 1. The molecule has 9 heteroatoms. The van der Waals surface area contributed by atoms with Crippen molar-refractivity contribution >= 4 is 35.2 Å². The van der Waals surface area contributed by atoms with Gasteiger partial charge in [0.05, 0.1) is 23.7 Å². The molecule has 1 unspecified atom stereocenters. The van der Waals surface area contributed by atoms with Gasteiger partial charge in [0, 0.05) is 24.8 Å². The van der Waals surface area contributed by atoms with Gasteiger partial charge in [-0.1, -0.05) is 11.6 Å². The van der Waals surface area contributed by atoms with Gasteiger partial charge in [-0.25, -0.2) is 9.59 Å². The van der Waals surface area contributed by atoms with E-state index >= 15 is 0 Å². The molecule has 0 aliphatic carbocycles. The van der Waals surface area contributed by atoms with E-state index in [1.807, 2.05) is 20.8 Å². The standard InChI is InChI=1S/C18H24ClN3O5/c1-4-22(11(2)3)16(23)13-9-12(5-6-14(13)19)20-18(26)21-7-8-27-15(10-21)17(24)25/h5-6,9,11,15H,4,7-8,10H2,1-3H3,(H,20,26)(H,24,25). The van der Waals surface area contributed by atoms with Crippen LogP contribution in [0.2, 0.25) is 5.02 Å². The average Bonchev–Trinajstić information content (AvgIpc) is 2.63. The number of amides is 3. The lowest BCUT2D eigenvalue weighted by molar-refractivity contribution is -0.154.